The maximum atomic E-state index is 14.0. The van der Waals surface area contributed by atoms with Crippen LogP contribution in [-0.4, -0.2) is 40.2 Å². The van der Waals surface area contributed by atoms with Gasteiger partial charge in [-0.15, -0.1) is 0 Å². The number of fused-ring (bicyclic) bond motifs is 1. The molecule has 0 bridgehead atoms. The molecule has 0 atom stereocenters. The third-order valence-electron chi connectivity index (χ3n) is 7.22. The van der Waals surface area contributed by atoms with Crippen molar-refractivity contribution in [3.63, 3.8) is 0 Å². The van der Waals surface area contributed by atoms with Crippen molar-refractivity contribution in [3.8, 4) is 16.8 Å². The zero-order valence-corrected chi connectivity index (χ0v) is 23.6. The summed E-state index contributed by atoms with van der Waals surface area (Å²) in [5, 5.41) is 7.31. The lowest BCUT2D eigenvalue weighted by Crippen LogP contribution is -2.39. The Kier molecular flexibility index (Phi) is 7.68. The molecule has 0 fully saturated rings. The Labute approximate surface area is 242 Å². The van der Waals surface area contributed by atoms with Crippen LogP contribution in [0, 0.1) is 0 Å². The first-order chi connectivity index (χ1) is 19.8. The molecule has 0 radical (unpaired) electrons. The summed E-state index contributed by atoms with van der Waals surface area (Å²) < 4.78 is 42.8. The summed E-state index contributed by atoms with van der Waals surface area (Å²) in [5.41, 5.74) is 7.96. The lowest BCUT2D eigenvalue weighted by atomic mass is 9.96. The first-order valence-corrected chi connectivity index (χ1v) is 13.7. The Hall–Kier alpha value is -4.44. The number of carbonyl (C=O) groups is 2. The van der Waals surface area contributed by atoms with E-state index in [4.69, 9.17) is 5.73 Å². The molecule has 218 valence electrons. The van der Waals surface area contributed by atoms with Gasteiger partial charge in [-0.1, -0.05) is 42.5 Å². The molecule has 42 heavy (non-hydrogen) atoms. The SMILES string of the molecule is CC(C)(C)NCCc1ccccc1-c1ccc(N2CCc3c(C(F)(F)F)nn(-c4cccc(C(N)=O)c4)c3C2=O)cc1. The van der Waals surface area contributed by atoms with Gasteiger partial charge in [0.15, 0.2) is 5.69 Å². The van der Waals surface area contributed by atoms with E-state index in [9.17, 15) is 22.8 Å². The second-order valence-electron chi connectivity index (χ2n) is 11.3. The number of nitrogens with zero attached hydrogens (tertiary/aromatic N) is 3. The number of halogens is 3. The maximum Gasteiger partial charge on any atom is 0.435 e. The van der Waals surface area contributed by atoms with Crippen molar-refractivity contribution in [2.45, 2.75) is 45.3 Å². The number of anilines is 1. The molecule has 2 amide bonds. The van der Waals surface area contributed by atoms with Crippen LogP contribution in [0.25, 0.3) is 16.8 Å². The van der Waals surface area contributed by atoms with Crippen LogP contribution in [0.2, 0.25) is 0 Å². The minimum atomic E-state index is -4.75. The Bertz CT molecular complexity index is 1640. The van der Waals surface area contributed by atoms with E-state index >= 15 is 0 Å². The van der Waals surface area contributed by atoms with Gasteiger partial charge in [0.25, 0.3) is 5.91 Å². The number of benzene rings is 3. The zero-order chi connectivity index (χ0) is 30.2. The molecule has 2 heterocycles. The fraction of sp³-hybridized carbons (Fsp3) is 0.281. The highest BCUT2D eigenvalue weighted by molar-refractivity contribution is 6.07. The fourth-order valence-electron chi connectivity index (χ4n) is 5.22. The highest BCUT2D eigenvalue weighted by atomic mass is 19.4. The van der Waals surface area contributed by atoms with Crippen molar-refractivity contribution >= 4 is 17.5 Å². The van der Waals surface area contributed by atoms with Gasteiger partial charge in [-0.05, 0) is 87.2 Å². The molecule has 1 aromatic heterocycles. The molecule has 7 nitrogen and oxygen atoms in total. The average Bonchev–Trinajstić information content (AvgIpc) is 3.35. The number of alkyl halides is 3. The first kappa shape index (κ1) is 29.1. The Morgan fingerprint density at radius 2 is 1.69 bits per heavy atom. The molecule has 1 aliphatic heterocycles. The quantitative estimate of drug-likeness (QED) is 0.292. The topological polar surface area (TPSA) is 93.2 Å². The van der Waals surface area contributed by atoms with Gasteiger partial charge in [-0.3, -0.25) is 9.59 Å². The van der Waals surface area contributed by atoms with Crippen molar-refractivity contribution in [2.75, 3.05) is 18.0 Å². The number of rotatable bonds is 7. The molecular formula is C32H32F3N5O2. The fourth-order valence-corrected chi connectivity index (χ4v) is 5.22. The van der Waals surface area contributed by atoms with Gasteiger partial charge in [0.2, 0.25) is 5.91 Å². The standard InChI is InChI=1S/C32H32F3N5O2/c1-31(2,3)37-17-15-20-7-4-5-10-25(20)21-11-13-23(14-12-21)39-18-16-26-27(30(39)42)40(38-28(26)32(33,34)35)24-9-6-8-22(19-24)29(36)41/h4-14,19,37H,15-18H2,1-3H3,(H2,36,41). The largest absolute Gasteiger partial charge is 0.435 e. The Morgan fingerprint density at radius 3 is 2.36 bits per heavy atom. The van der Waals surface area contributed by atoms with Crippen molar-refractivity contribution in [1.29, 1.82) is 0 Å². The minimum Gasteiger partial charge on any atom is -0.366 e. The molecule has 0 unspecified atom stereocenters. The summed E-state index contributed by atoms with van der Waals surface area (Å²) in [4.78, 5) is 27.0. The summed E-state index contributed by atoms with van der Waals surface area (Å²) in [5.74, 6) is -1.35. The van der Waals surface area contributed by atoms with Gasteiger partial charge in [0.1, 0.15) is 5.69 Å². The molecule has 0 saturated heterocycles. The van der Waals surface area contributed by atoms with Crippen LogP contribution in [0.3, 0.4) is 0 Å². The molecule has 3 aromatic carbocycles. The number of hydrogen-bond donors (Lipinski definition) is 2. The van der Waals surface area contributed by atoms with Crippen molar-refractivity contribution in [1.82, 2.24) is 15.1 Å². The smallest absolute Gasteiger partial charge is 0.366 e. The predicted octanol–water partition coefficient (Wildman–Crippen LogP) is 5.79. The van der Waals surface area contributed by atoms with Crippen LogP contribution in [0.5, 0.6) is 0 Å². The Morgan fingerprint density at radius 1 is 0.976 bits per heavy atom. The zero-order valence-electron chi connectivity index (χ0n) is 23.6. The third-order valence-corrected chi connectivity index (χ3v) is 7.22. The van der Waals surface area contributed by atoms with Crippen LogP contribution >= 0.6 is 0 Å². The highest BCUT2D eigenvalue weighted by Crippen LogP contribution is 2.37. The van der Waals surface area contributed by atoms with Crippen LogP contribution in [-0.2, 0) is 19.0 Å². The summed E-state index contributed by atoms with van der Waals surface area (Å²) in [6, 6.07) is 21.3. The van der Waals surface area contributed by atoms with E-state index < -0.39 is 23.7 Å². The number of nitrogens with two attached hydrogens (primary N) is 1. The number of amides is 2. The minimum absolute atomic E-state index is 0.0122. The lowest BCUT2D eigenvalue weighted by Gasteiger charge is -2.28. The van der Waals surface area contributed by atoms with Crippen molar-refractivity contribution < 1.29 is 22.8 Å². The van der Waals surface area contributed by atoms with Gasteiger partial charge in [0, 0.05) is 28.9 Å². The molecule has 1 aliphatic rings. The molecule has 10 heteroatoms. The third kappa shape index (κ3) is 5.94. The van der Waals surface area contributed by atoms with Crippen LogP contribution < -0.4 is 16.0 Å². The average molecular weight is 576 g/mol. The molecule has 4 aromatic rings. The lowest BCUT2D eigenvalue weighted by molar-refractivity contribution is -0.141. The van der Waals surface area contributed by atoms with Crippen LogP contribution in [0.15, 0.2) is 72.8 Å². The van der Waals surface area contributed by atoms with E-state index in [1.165, 1.54) is 34.7 Å². The summed E-state index contributed by atoms with van der Waals surface area (Å²) in [6.07, 6.45) is -3.95. The molecular weight excluding hydrogens is 543 g/mol. The van der Waals surface area contributed by atoms with Crippen molar-refractivity contribution in [3.05, 3.63) is 101 Å². The second kappa shape index (κ2) is 11.1. The van der Waals surface area contributed by atoms with Gasteiger partial charge in [-0.2, -0.15) is 18.3 Å². The van der Waals surface area contributed by atoms with E-state index in [0.717, 1.165) is 28.8 Å². The monoisotopic (exact) mass is 575 g/mol. The summed E-state index contributed by atoms with van der Waals surface area (Å²) >= 11 is 0. The first-order valence-electron chi connectivity index (χ1n) is 13.7. The maximum absolute atomic E-state index is 14.0. The van der Waals surface area contributed by atoms with Crippen LogP contribution in [0.1, 0.15) is 58.4 Å². The van der Waals surface area contributed by atoms with E-state index in [-0.39, 0.29) is 41.0 Å². The van der Waals surface area contributed by atoms with E-state index in [0.29, 0.717) is 5.69 Å². The predicted molar refractivity (Wildman–Crippen MR) is 156 cm³/mol. The van der Waals surface area contributed by atoms with Gasteiger partial charge in [-0.25, -0.2) is 4.68 Å². The van der Waals surface area contributed by atoms with Gasteiger partial charge >= 0.3 is 6.18 Å². The number of hydrogen-bond acceptors (Lipinski definition) is 4. The number of primary amides is 1. The van der Waals surface area contributed by atoms with E-state index in [2.05, 4.69) is 43.3 Å². The number of aromatic nitrogens is 2. The summed E-state index contributed by atoms with van der Waals surface area (Å²) in [6.45, 7) is 7.25. The molecule has 0 saturated carbocycles. The molecule has 3 N–H and O–H groups in total. The van der Waals surface area contributed by atoms with E-state index in [1.807, 2.05) is 36.4 Å². The normalized spacial score (nSPS) is 13.8. The Balaban J connectivity index is 1.47. The molecule has 0 spiro atoms. The van der Waals surface area contributed by atoms with Crippen molar-refractivity contribution in [2.24, 2.45) is 5.73 Å². The second-order valence-corrected chi connectivity index (χ2v) is 11.3. The number of carbonyl (C=O) groups excluding carboxylic acids is 2. The molecule has 0 aliphatic carbocycles. The van der Waals surface area contributed by atoms with Gasteiger partial charge in [0.05, 0.1) is 5.69 Å². The van der Waals surface area contributed by atoms with Crippen LogP contribution in [0.4, 0.5) is 18.9 Å². The molecule has 5 rings (SSSR count). The highest BCUT2D eigenvalue weighted by Gasteiger charge is 2.43. The van der Waals surface area contributed by atoms with E-state index in [1.54, 1.807) is 0 Å². The number of nitrogens with one attached hydrogen (secondary N) is 1. The van der Waals surface area contributed by atoms with Gasteiger partial charge < -0.3 is 16.0 Å². The summed E-state index contributed by atoms with van der Waals surface area (Å²) in [7, 11) is 0.